The van der Waals surface area contributed by atoms with Crippen LogP contribution in [-0.2, 0) is 4.79 Å². The van der Waals surface area contributed by atoms with Crippen LogP contribution in [-0.4, -0.2) is 12.0 Å². The zero-order valence-corrected chi connectivity index (χ0v) is 14.5. The Morgan fingerprint density at radius 3 is 2.04 bits per heavy atom. The molecular weight excluding hydrogens is 286 g/mol. The number of carbonyl (C=O) groups excluding carboxylic acids is 1. The fraction of sp³-hybridized carbons (Fsp3) is 0.350. The van der Waals surface area contributed by atoms with E-state index in [4.69, 9.17) is 4.74 Å². The lowest BCUT2D eigenvalue weighted by Gasteiger charge is -2.19. The van der Waals surface area contributed by atoms with Gasteiger partial charge in [0.1, 0.15) is 5.75 Å². The lowest BCUT2D eigenvalue weighted by molar-refractivity contribution is -0.127. The summed E-state index contributed by atoms with van der Waals surface area (Å²) in [5.41, 5.74) is 4.54. The maximum Gasteiger partial charge on any atom is 0.261 e. The first-order chi connectivity index (χ1) is 10.8. The first-order valence-electron chi connectivity index (χ1n) is 7.97. The van der Waals surface area contributed by atoms with Crippen LogP contribution >= 0.6 is 0 Å². The number of nitrogens with one attached hydrogen (secondary N) is 1. The number of hydrogen-bond donors (Lipinski definition) is 1. The predicted octanol–water partition coefficient (Wildman–Crippen LogP) is 4.26. The summed E-state index contributed by atoms with van der Waals surface area (Å²) in [5, 5.41) is 3.00. The minimum absolute atomic E-state index is 0.0478. The Hall–Kier alpha value is -2.29. The van der Waals surface area contributed by atoms with Crippen molar-refractivity contribution in [2.24, 2.45) is 0 Å². The SMILES string of the molecule is Cc1ccc([C@@H](C)NC(=O)[C@@H](C)Oc2cc(C)cc(C)c2)cc1. The second-order valence-corrected chi connectivity index (χ2v) is 6.22. The van der Waals surface area contributed by atoms with Crippen molar-refractivity contribution in [3.63, 3.8) is 0 Å². The average Bonchev–Trinajstić information content (AvgIpc) is 2.46. The molecule has 2 aromatic rings. The van der Waals surface area contributed by atoms with Crippen molar-refractivity contribution in [2.75, 3.05) is 0 Å². The van der Waals surface area contributed by atoms with Crippen molar-refractivity contribution in [3.05, 3.63) is 64.7 Å². The molecule has 0 aliphatic rings. The summed E-state index contributed by atoms with van der Waals surface area (Å²) in [4.78, 5) is 12.3. The third-order valence-electron chi connectivity index (χ3n) is 3.81. The molecule has 2 aromatic carbocycles. The molecule has 0 fully saturated rings. The molecule has 1 amide bonds. The first-order valence-corrected chi connectivity index (χ1v) is 7.97. The lowest BCUT2D eigenvalue weighted by atomic mass is 10.1. The van der Waals surface area contributed by atoms with Crippen molar-refractivity contribution >= 4 is 5.91 Å². The summed E-state index contributed by atoms with van der Waals surface area (Å²) in [6, 6.07) is 14.1. The fourth-order valence-corrected chi connectivity index (χ4v) is 2.53. The van der Waals surface area contributed by atoms with Crippen LogP contribution in [0.15, 0.2) is 42.5 Å². The molecule has 0 aliphatic carbocycles. The number of ether oxygens (including phenoxy) is 1. The zero-order valence-electron chi connectivity index (χ0n) is 14.5. The quantitative estimate of drug-likeness (QED) is 0.896. The highest BCUT2D eigenvalue weighted by atomic mass is 16.5. The van der Waals surface area contributed by atoms with Crippen LogP contribution in [0.2, 0.25) is 0 Å². The molecular formula is C20H25NO2. The molecule has 122 valence electrons. The molecule has 2 atom stereocenters. The monoisotopic (exact) mass is 311 g/mol. The van der Waals surface area contributed by atoms with Crippen LogP contribution < -0.4 is 10.1 Å². The number of carbonyl (C=O) groups is 1. The number of rotatable bonds is 5. The van der Waals surface area contributed by atoms with Crippen LogP contribution in [0.25, 0.3) is 0 Å². The van der Waals surface area contributed by atoms with Crippen LogP contribution in [0.5, 0.6) is 5.75 Å². The minimum Gasteiger partial charge on any atom is -0.481 e. The number of aryl methyl sites for hydroxylation is 3. The van der Waals surface area contributed by atoms with Gasteiger partial charge in [-0.2, -0.15) is 0 Å². The van der Waals surface area contributed by atoms with Gasteiger partial charge in [-0.25, -0.2) is 0 Å². The molecule has 0 unspecified atom stereocenters. The van der Waals surface area contributed by atoms with E-state index in [1.807, 2.05) is 64.1 Å². The molecule has 3 heteroatoms. The molecule has 23 heavy (non-hydrogen) atoms. The van der Waals surface area contributed by atoms with E-state index in [2.05, 4.69) is 11.4 Å². The summed E-state index contributed by atoms with van der Waals surface area (Å²) in [7, 11) is 0. The molecule has 1 N–H and O–H groups in total. The summed E-state index contributed by atoms with van der Waals surface area (Å²) in [6.07, 6.45) is -0.538. The fourth-order valence-electron chi connectivity index (χ4n) is 2.53. The Bertz CT molecular complexity index is 656. The number of amides is 1. The molecule has 0 spiro atoms. The van der Waals surface area contributed by atoms with Crippen LogP contribution in [0.1, 0.15) is 42.1 Å². The van der Waals surface area contributed by atoms with Gasteiger partial charge >= 0.3 is 0 Å². The molecule has 0 saturated carbocycles. The standard InChI is InChI=1S/C20H25NO2/c1-13-6-8-18(9-7-13)16(4)21-20(22)17(5)23-19-11-14(2)10-15(3)12-19/h6-12,16-17H,1-5H3,(H,21,22)/t16-,17-/m1/s1. The molecule has 0 radical (unpaired) electrons. The van der Waals surface area contributed by atoms with Gasteiger partial charge in [-0.05, 0) is 63.4 Å². The Morgan fingerprint density at radius 1 is 0.913 bits per heavy atom. The van der Waals surface area contributed by atoms with E-state index in [0.29, 0.717) is 0 Å². The van der Waals surface area contributed by atoms with E-state index < -0.39 is 6.10 Å². The Balaban J connectivity index is 1.97. The first kappa shape index (κ1) is 17.1. The van der Waals surface area contributed by atoms with Crippen molar-refractivity contribution < 1.29 is 9.53 Å². The second kappa shape index (κ2) is 7.32. The predicted molar refractivity (Wildman–Crippen MR) is 93.7 cm³/mol. The Morgan fingerprint density at radius 2 is 1.48 bits per heavy atom. The van der Waals surface area contributed by atoms with Gasteiger partial charge < -0.3 is 10.1 Å². The third-order valence-corrected chi connectivity index (χ3v) is 3.81. The van der Waals surface area contributed by atoms with Gasteiger partial charge in [0.05, 0.1) is 6.04 Å². The van der Waals surface area contributed by atoms with Crippen LogP contribution in [0, 0.1) is 20.8 Å². The molecule has 0 heterocycles. The van der Waals surface area contributed by atoms with E-state index in [-0.39, 0.29) is 11.9 Å². The second-order valence-electron chi connectivity index (χ2n) is 6.22. The lowest BCUT2D eigenvalue weighted by Crippen LogP contribution is -2.37. The highest BCUT2D eigenvalue weighted by Crippen LogP contribution is 2.18. The van der Waals surface area contributed by atoms with Gasteiger partial charge in [0.15, 0.2) is 6.10 Å². The van der Waals surface area contributed by atoms with Gasteiger partial charge in [0.2, 0.25) is 0 Å². The molecule has 0 bridgehead atoms. The maximum absolute atomic E-state index is 12.3. The zero-order chi connectivity index (χ0) is 17.0. The average molecular weight is 311 g/mol. The maximum atomic E-state index is 12.3. The summed E-state index contributed by atoms with van der Waals surface area (Å²) in [5.74, 6) is 0.616. The summed E-state index contributed by atoms with van der Waals surface area (Å²) in [6.45, 7) is 9.84. The van der Waals surface area contributed by atoms with Gasteiger partial charge in [0.25, 0.3) is 5.91 Å². The molecule has 0 aliphatic heterocycles. The highest BCUT2D eigenvalue weighted by Gasteiger charge is 2.17. The van der Waals surface area contributed by atoms with Gasteiger partial charge in [-0.3, -0.25) is 4.79 Å². The number of benzene rings is 2. The van der Waals surface area contributed by atoms with E-state index >= 15 is 0 Å². The van der Waals surface area contributed by atoms with Gasteiger partial charge in [0, 0.05) is 0 Å². The molecule has 3 nitrogen and oxygen atoms in total. The summed E-state index contributed by atoms with van der Waals surface area (Å²) >= 11 is 0. The van der Waals surface area contributed by atoms with Crippen molar-refractivity contribution in [3.8, 4) is 5.75 Å². The van der Waals surface area contributed by atoms with Crippen LogP contribution in [0.4, 0.5) is 0 Å². The highest BCUT2D eigenvalue weighted by molar-refractivity contribution is 5.81. The Labute approximate surface area is 138 Å². The summed E-state index contributed by atoms with van der Waals surface area (Å²) < 4.78 is 5.78. The van der Waals surface area contributed by atoms with E-state index in [0.717, 1.165) is 22.4 Å². The largest absolute Gasteiger partial charge is 0.481 e. The van der Waals surface area contributed by atoms with Crippen LogP contribution in [0.3, 0.4) is 0 Å². The molecule has 2 rings (SSSR count). The van der Waals surface area contributed by atoms with E-state index in [9.17, 15) is 4.79 Å². The Kier molecular flexibility index (Phi) is 5.43. The van der Waals surface area contributed by atoms with Crippen molar-refractivity contribution in [2.45, 2.75) is 46.8 Å². The number of hydrogen-bond acceptors (Lipinski definition) is 2. The normalized spacial score (nSPS) is 13.3. The van der Waals surface area contributed by atoms with Gasteiger partial charge in [-0.15, -0.1) is 0 Å². The van der Waals surface area contributed by atoms with Crippen molar-refractivity contribution in [1.29, 1.82) is 0 Å². The smallest absolute Gasteiger partial charge is 0.261 e. The molecule has 0 aromatic heterocycles. The van der Waals surface area contributed by atoms with Gasteiger partial charge in [-0.1, -0.05) is 35.9 Å². The van der Waals surface area contributed by atoms with E-state index in [1.165, 1.54) is 5.56 Å². The minimum atomic E-state index is -0.538. The third kappa shape index (κ3) is 4.85. The molecule has 0 saturated heterocycles. The van der Waals surface area contributed by atoms with E-state index in [1.54, 1.807) is 6.92 Å². The van der Waals surface area contributed by atoms with Crippen molar-refractivity contribution in [1.82, 2.24) is 5.32 Å². The topological polar surface area (TPSA) is 38.3 Å².